The van der Waals surface area contributed by atoms with Crippen LogP contribution in [0, 0.1) is 5.41 Å². The lowest BCUT2D eigenvalue weighted by molar-refractivity contribution is -0.202. The van der Waals surface area contributed by atoms with Gasteiger partial charge in [-0.15, -0.1) is 0 Å². The first kappa shape index (κ1) is 24.9. The maximum Gasteiger partial charge on any atom is 0.350 e. The molecule has 4 fully saturated rings. The molecular weight excluding hydrogens is 513 g/mol. The van der Waals surface area contributed by atoms with Crippen molar-refractivity contribution < 1.29 is 33.3 Å². The molecule has 0 aromatic carbocycles. The average molecular weight is 544 g/mol. The predicted octanol–water partition coefficient (Wildman–Crippen LogP) is 2.82. The van der Waals surface area contributed by atoms with Gasteiger partial charge in [0.2, 0.25) is 5.28 Å². The summed E-state index contributed by atoms with van der Waals surface area (Å²) in [7, 11) is -4.31. The SMILES string of the molecule is CC1(C)O[C@@H]2[C@H](O1)[C@@H](COCP(=O)(O)O)O[C@H]2n1ncc2c(N3CC4(CCCCC4)C3)nc(Cl)nc21. The minimum atomic E-state index is -4.31. The Morgan fingerprint density at radius 1 is 1.17 bits per heavy atom. The fourth-order valence-corrected chi connectivity index (χ4v) is 6.62. The van der Waals surface area contributed by atoms with Crippen molar-refractivity contribution >= 4 is 36.0 Å². The molecule has 2 N–H and O–H groups in total. The number of ether oxygens (including phenoxy) is 4. The van der Waals surface area contributed by atoms with Gasteiger partial charge in [0, 0.05) is 18.5 Å². The molecule has 0 radical (unpaired) electrons. The van der Waals surface area contributed by atoms with Crippen LogP contribution in [0.2, 0.25) is 5.28 Å². The summed E-state index contributed by atoms with van der Waals surface area (Å²) in [5.74, 6) is -0.0987. The second kappa shape index (κ2) is 8.84. The van der Waals surface area contributed by atoms with Crippen molar-refractivity contribution in [3.05, 3.63) is 11.5 Å². The van der Waals surface area contributed by atoms with Gasteiger partial charge in [-0.2, -0.15) is 15.1 Å². The minimum Gasteiger partial charge on any atom is -0.366 e. The van der Waals surface area contributed by atoms with Crippen LogP contribution in [0.3, 0.4) is 0 Å². The van der Waals surface area contributed by atoms with Crippen molar-refractivity contribution in [1.29, 1.82) is 0 Å². The molecule has 0 unspecified atom stereocenters. The summed E-state index contributed by atoms with van der Waals surface area (Å²) in [6.07, 6.45) is 5.05. The lowest BCUT2D eigenvalue weighted by Gasteiger charge is -2.53. The predicted molar refractivity (Wildman–Crippen MR) is 129 cm³/mol. The molecule has 14 heteroatoms. The Kier molecular flexibility index (Phi) is 6.13. The topological polar surface area (TPSA) is 141 Å². The van der Waals surface area contributed by atoms with Gasteiger partial charge in [-0.05, 0) is 38.3 Å². The van der Waals surface area contributed by atoms with Crippen molar-refractivity contribution in [2.75, 3.05) is 30.9 Å². The van der Waals surface area contributed by atoms with Crippen LogP contribution in [0.25, 0.3) is 11.0 Å². The van der Waals surface area contributed by atoms with Gasteiger partial charge in [-0.25, -0.2) is 4.68 Å². The van der Waals surface area contributed by atoms with Gasteiger partial charge in [0.05, 0.1) is 18.2 Å². The number of hydrogen-bond donors (Lipinski definition) is 2. The van der Waals surface area contributed by atoms with Crippen molar-refractivity contribution in [3.63, 3.8) is 0 Å². The van der Waals surface area contributed by atoms with Gasteiger partial charge in [-0.1, -0.05) is 19.3 Å². The first-order valence-electron chi connectivity index (χ1n) is 12.3. The van der Waals surface area contributed by atoms with E-state index in [1.807, 2.05) is 0 Å². The summed E-state index contributed by atoms with van der Waals surface area (Å²) in [6.45, 7) is 5.45. The summed E-state index contributed by atoms with van der Waals surface area (Å²) in [5, 5.41) is 5.50. The van der Waals surface area contributed by atoms with Gasteiger partial charge in [0.1, 0.15) is 30.5 Å². The van der Waals surface area contributed by atoms with Crippen LogP contribution in [-0.2, 0) is 23.5 Å². The fraction of sp³-hybridized carbons (Fsp3) is 0.773. The van der Waals surface area contributed by atoms with E-state index in [1.165, 1.54) is 32.1 Å². The van der Waals surface area contributed by atoms with E-state index in [0.717, 1.165) is 24.3 Å². The molecule has 3 aliphatic heterocycles. The van der Waals surface area contributed by atoms with Crippen LogP contribution in [-0.4, -0.2) is 79.7 Å². The molecule has 3 saturated heterocycles. The average Bonchev–Trinajstić information content (AvgIpc) is 3.42. The van der Waals surface area contributed by atoms with Crippen LogP contribution in [0.5, 0.6) is 0 Å². The fourth-order valence-electron chi connectivity index (χ4n) is 6.12. The molecule has 4 aliphatic rings. The van der Waals surface area contributed by atoms with E-state index in [1.54, 1.807) is 24.7 Å². The van der Waals surface area contributed by atoms with Crippen molar-refractivity contribution in [2.45, 2.75) is 76.3 Å². The van der Waals surface area contributed by atoms with Crippen LogP contribution in [0.15, 0.2) is 6.20 Å². The van der Waals surface area contributed by atoms with Crippen LogP contribution < -0.4 is 4.90 Å². The molecule has 6 rings (SSSR count). The zero-order valence-electron chi connectivity index (χ0n) is 20.2. The Morgan fingerprint density at radius 3 is 2.61 bits per heavy atom. The molecule has 36 heavy (non-hydrogen) atoms. The maximum atomic E-state index is 11.2. The summed E-state index contributed by atoms with van der Waals surface area (Å²) in [5.41, 5.74) is 0.907. The van der Waals surface area contributed by atoms with Gasteiger partial charge in [0.25, 0.3) is 0 Å². The summed E-state index contributed by atoms with van der Waals surface area (Å²) < 4.78 is 36.5. The number of fused-ring (bicyclic) bond motifs is 2. The van der Waals surface area contributed by atoms with Crippen molar-refractivity contribution in [3.8, 4) is 0 Å². The van der Waals surface area contributed by atoms with Crippen LogP contribution in [0.4, 0.5) is 5.82 Å². The molecule has 1 spiro atoms. The number of hydrogen-bond acceptors (Lipinski definition) is 9. The van der Waals surface area contributed by atoms with Gasteiger partial charge < -0.3 is 33.6 Å². The van der Waals surface area contributed by atoms with Crippen LogP contribution >= 0.6 is 19.2 Å². The van der Waals surface area contributed by atoms with Gasteiger partial charge >= 0.3 is 7.60 Å². The summed E-state index contributed by atoms with van der Waals surface area (Å²) in [4.78, 5) is 29.5. The second-order valence-corrected chi connectivity index (χ2v) is 12.8. The lowest BCUT2D eigenvalue weighted by Crippen LogP contribution is -2.57. The molecular formula is C22H31ClN5O7P. The molecule has 1 saturated carbocycles. The smallest absolute Gasteiger partial charge is 0.350 e. The number of aromatic nitrogens is 4. The standard InChI is InChI=1S/C22H31ClN5O7P/c1-21(2)34-15-14(9-32-12-36(29,30)31)33-19(16(15)35-21)28-18-13(8-24-28)17(25-20(23)26-18)27-10-22(11-27)6-4-3-5-7-22/h8,14-16,19H,3-7,9-12H2,1-2H3,(H2,29,30,31)/t14-,15-,16-,19-/m1/s1. The van der Waals surface area contributed by atoms with Crippen LogP contribution in [0.1, 0.15) is 52.2 Å². The molecule has 1 aliphatic carbocycles. The Morgan fingerprint density at radius 2 is 1.89 bits per heavy atom. The molecule has 198 valence electrons. The molecule has 0 bridgehead atoms. The number of rotatable bonds is 6. The third kappa shape index (κ3) is 4.56. The molecule has 4 atom stereocenters. The first-order chi connectivity index (χ1) is 17.0. The highest BCUT2D eigenvalue weighted by Crippen LogP contribution is 2.47. The van der Waals surface area contributed by atoms with E-state index in [0.29, 0.717) is 11.1 Å². The highest BCUT2D eigenvalue weighted by Gasteiger charge is 2.56. The largest absolute Gasteiger partial charge is 0.366 e. The molecule has 2 aromatic rings. The normalized spacial score (nSPS) is 31.2. The van der Waals surface area contributed by atoms with E-state index >= 15 is 0 Å². The Balaban J connectivity index is 1.27. The van der Waals surface area contributed by atoms with E-state index in [2.05, 4.69) is 20.0 Å². The number of halogens is 1. The van der Waals surface area contributed by atoms with Gasteiger partial charge in [-0.3, -0.25) is 4.57 Å². The molecule has 5 heterocycles. The zero-order valence-corrected chi connectivity index (χ0v) is 21.9. The van der Waals surface area contributed by atoms with E-state index in [4.69, 9.17) is 40.3 Å². The number of nitrogens with zero attached hydrogens (tertiary/aromatic N) is 5. The van der Waals surface area contributed by atoms with E-state index in [-0.39, 0.29) is 11.9 Å². The summed E-state index contributed by atoms with van der Waals surface area (Å²) in [6, 6.07) is 0. The summed E-state index contributed by atoms with van der Waals surface area (Å²) >= 11 is 6.38. The molecule has 12 nitrogen and oxygen atoms in total. The zero-order chi connectivity index (χ0) is 25.3. The second-order valence-electron chi connectivity index (χ2n) is 10.9. The Labute approximate surface area is 213 Å². The highest BCUT2D eigenvalue weighted by atomic mass is 35.5. The van der Waals surface area contributed by atoms with E-state index in [9.17, 15) is 4.57 Å². The third-order valence-corrected chi connectivity index (χ3v) is 8.27. The first-order valence-corrected chi connectivity index (χ1v) is 14.5. The monoisotopic (exact) mass is 543 g/mol. The maximum absolute atomic E-state index is 11.2. The third-order valence-electron chi connectivity index (χ3n) is 7.58. The van der Waals surface area contributed by atoms with Gasteiger partial charge in [0.15, 0.2) is 17.7 Å². The quantitative estimate of drug-likeness (QED) is 0.410. The van der Waals surface area contributed by atoms with Crippen molar-refractivity contribution in [1.82, 2.24) is 19.7 Å². The minimum absolute atomic E-state index is 0.0712. The Hall–Kier alpha value is -1.37. The highest BCUT2D eigenvalue weighted by molar-refractivity contribution is 7.51. The molecule has 0 amide bonds. The molecule has 2 aromatic heterocycles. The number of anilines is 1. The van der Waals surface area contributed by atoms with Crippen molar-refractivity contribution in [2.24, 2.45) is 5.41 Å². The Bertz CT molecular complexity index is 1190. The van der Waals surface area contributed by atoms with E-state index < -0.39 is 44.3 Å². The lowest BCUT2D eigenvalue weighted by atomic mass is 9.68.